The zero-order valence-corrected chi connectivity index (χ0v) is 48.3. The van der Waals surface area contributed by atoms with E-state index in [1.54, 1.807) is 0 Å². The Kier molecular flexibility index (Phi) is 10.6. The van der Waals surface area contributed by atoms with Crippen LogP contribution in [0.5, 0.6) is 0 Å². The highest BCUT2D eigenvalue weighted by atomic mass is 15.2. The maximum Gasteiger partial charge on any atom is 0.220 e. The summed E-state index contributed by atoms with van der Waals surface area (Å²) in [6.45, 7) is 0. The Bertz CT molecular complexity index is 6100. The molecule has 0 saturated heterocycles. The second-order valence-electron chi connectivity index (χ2n) is 23.3. The van der Waals surface area contributed by atoms with E-state index in [0.717, 1.165) is 167 Å². The Morgan fingerprint density at radius 3 is 1.11 bits per heavy atom. The number of hydrogen-bond acceptors (Lipinski definition) is 3. The van der Waals surface area contributed by atoms with Gasteiger partial charge < -0.3 is 9.13 Å². The molecule has 0 saturated carbocycles. The highest BCUT2D eigenvalue weighted by Gasteiger charge is 2.30. The number of imidazole rings is 4. The average Bonchev–Trinajstić information content (AvgIpc) is 2.17. The average molecular weight is 1150 g/mol. The van der Waals surface area contributed by atoms with Gasteiger partial charge in [0.25, 0.3) is 0 Å². The summed E-state index contributed by atoms with van der Waals surface area (Å²) in [4.78, 5) is 10.9. The standard InChI is InChI=1S/C81H49N9/c82-50-64-78(56-40-44-72-76(48-56)90-74-46-54(52-23-7-2-8-24-52)38-42-66(74)84-81(90)86(72)58-27-11-4-12-28-58)77(87-67-33-17-13-29-59(67)60-30-14-18-34-68(60)87)49-63(79(64)88-69-35-19-15-31-61(69)62-32-16-20-36-70(62)88)55-39-43-71-75(47-55)89-73-45-53(51-21-5-1-6-22-51)37-41-65(73)83-80(89)85(71)57-25-9-3-10-26-57/h1-49H. The van der Waals surface area contributed by atoms with Gasteiger partial charge in [0.05, 0.1) is 83.1 Å². The summed E-state index contributed by atoms with van der Waals surface area (Å²) in [5, 5.41) is 17.2. The fourth-order valence-corrected chi connectivity index (χ4v) is 14.5. The van der Waals surface area contributed by atoms with Crippen LogP contribution < -0.4 is 0 Å². The molecule has 0 spiro atoms. The van der Waals surface area contributed by atoms with Gasteiger partial charge in [-0.1, -0.05) is 194 Å². The number of rotatable bonds is 8. The van der Waals surface area contributed by atoms with E-state index in [1.165, 1.54) is 0 Å². The normalized spacial score (nSPS) is 12.0. The molecule has 0 amide bonds. The zero-order chi connectivity index (χ0) is 59.1. The van der Waals surface area contributed by atoms with Crippen LogP contribution in [0.15, 0.2) is 297 Å². The Hall–Kier alpha value is -12.5. The number of benzene rings is 13. The first-order valence-electron chi connectivity index (χ1n) is 30.4. The maximum atomic E-state index is 12.8. The first-order chi connectivity index (χ1) is 44.6. The molecule has 0 N–H and O–H groups in total. The van der Waals surface area contributed by atoms with Gasteiger partial charge in [-0.25, -0.2) is 9.97 Å². The monoisotopic (exact) mass is 1150 g/mol. The first-order valence-corrected chi connectivity index (χ1v) is 30.4. The van der Waals surface area contributed by atoms with Crippen molar-refractivity contribution in [2.24, 2.45) is 0 Å². The molecule has 0 fully saturated rings. The summed E-state index contributed by atoms with van der Waals surface area (Å²) in [6, 6.07) is 109. The van der Waals surface area contributed by atoms with E-state index in [-0.39, 0.29) is 0 Å². The molecule has 6 heterocycles. The molecule has 418 valence electrons. The summed E-state index contributed by atoms with van der Waals surface area (Å²) in [5.41, 5.74) is 23.9. The summed E-state index contributed by atoms with van der Waals surface area (Å²) >= 11 is 0. The molecule has 19 rings (SSSR count). The SMILES string of the molecule is N#Cc1c(-c2ccc3c(c2)n2c4cc(-c5ccccc5)ccc4nc2n3-c2ccccc2)c(-n2c3ccccc3c3ccccc32)cc(-c2ccc3c(c2)n2c4cc(-c5ccccc5)ccc4nc2n3-c2ccccc2)c1-n1c2ccccc2c2ccccc21. The molecule has 0 bridgehead atoms. The van der Waals surface area contributed by atoms with Crippen molar-refractivity contribution in [1.29, 1.82) is 5.26 Å². The van der Waals surface area contributed by atoms with Gasteiger partial charge in [0.15, 0.2) is 0 Å². The van der Waals surface area contributed by atoms with Gasteiger partial charge in [-0.2, -0.15) is 5.26 Å². The lowest BCUT2D eigenvalue weighted by Crippen LogP contribution is -2.08. The largest absolute Gasteiger partial charge is 0.309 e. The van der Waals surface area contributed by atoms with Gasteiger partial charge in [-0.05, 0) is 137 Å². The summed E-state index contributed by atoms with van der Waals surface area (Å²) < 4.78 is 13.9. The minimum atomic E-state index is 0.531. The van der Waals surface area contributed by atoms with Gasteiger partial charge in [0.1, 0.15) is 6.07 Å². The third-order valence-corrected chi connectivity index (χ3v) is 18.4. The fourth-order valence-electron chi connectivity index (χ4n) is 14.5. The highest BCUT2D eigenvalue weighted by Crippen LogP contribution is 2.48. The van der Waals surface area contributed by atoms with E-state index < -0.39 is 0 Å². The zero-order valence-electron chi connectivity index (χ0n) is 48.3. The molecule has 0 aliphatic rings. The van der Waals surface area contributed by atoms with Crippen LogP contribution in [-0.4, -0.2) is 37.0 Å². The number of para-hydroxylation sites is 6. The summed E-state index contributed by atoms with van der Waals surface area (Å²) in [6.07, 6.45) is 0. The lowest BCUT2D eigenvalue weighted by atomic mass is 9.90. The second-order valence-corrected chi connectivity index (χ2v) is 23.3. The molecule has 13 aromatic carbocycles. The molecular formula is C81H49N9. The minimum Gasteiger partial charge on any atom is -0.309 e. The molecule has 90 heavy (non-hydrogen) atoms. The van der Waals surface area contributed by atoms with E-state index in [1.807, 2.05) is 0 Å². The van der Waals surface area contributed by atoms with E-state index in [2.05, 4.69) is 330 Å². The van der Waals surface area contributed by atoms with Crippen molar-refractivity contribution in [2.75, 3.05) is 0 Å². The van der Waals surface area contributed by atoms with Crippen molar-refractivity contribution >= 4 is 99.3 Å². The van der Waals surface area contributed by atoms with Crippen LogP contribution in [0.3, 0.4) is 0 Å². The molecule has 9 heteroatoms. The van der Waals surface area contributed by atoms with Crippen molar-refractivity contribution in [2.45, 2.75) is 0 Å². The smallest absolute Gasteiger partial charge is 0.220 e. The molecular weight excluding hydrogens is 1100 g/mol. The number of nitrogens with zero attached hydrogens (tertiary/aromatic N) is 9. The highest BCUT2D eigenvalue weighted by molar-refractivity contribution is 6.13. The lowest BCUT2D eigenvalue weighted by Gasteiger charge is -2.23. The van der Waals surface area contributed by atoms with Gasteiger partial charge in [0.2, 0.25) is 11.6 Å². The Morgan fingerprint density at radius 2 is 0.656 bits per heavy atom. The molecule has 0 radical (unpaired) electrons. The van der Waals surface area contributed by atoms with E-state index >= 15 is 0 Å². The van der Waals surface area contributed by atoms with Crippen LogP contribution in [0.2, 0.25) is 0 Å². The van der Waals surface area contributed by atoms with Crippen LogP contribution in [0, 0.1) is 11.3 Å². The van der Waals surface area contributed by atoms with Gasteiger partial charge in [0, 0.05) is 44.0 Å². The number of fused-ring (bicyclic) bond motifs is 16. The van der Waals surface area contributed by atoms with Crippen LogP contribution >= 0.6 is 0 Å². The Morgan fingerprint density at radius 1 is 0.278 bits per heavy atom. The summed E-state index contributed by atoms with van der Waals surface area (Å²) in [7, 11) is 0. The van der Waals surface area contributed by atoms with Crippen molar-refractivity contribution < 1.29 is 0 Å². The lowest BCUT2D eigenvalue weighted by molar-refractivity contribution is 1.11. The maximum absolute atomic E-state index is 12.8. The first kappa shape index (κ1) is 49.7. The third kappa shape index (κ3) is 7.18. The number of hydrogen-bond donors (Lipinski definition) is 0. The number of nitriles is 1. The van der Waals surface area contributed by atoms with Crippen molar-refractivity contribution in [1.82, 2.24) is 37.0 Å². The van der Waals surface area contributed by atoms with Gasteiger partial charge >= 0.3 is 0 Å². The van der Waals surface area contributed by atoms with Crippen LogP contribution in [0.4, 0.5) is 0 Å². The molecule has 0 aliphatic carbocycles. The number of aromatic nitrogens is 8. The predicted molar refractivity (Wildman–Crippen MR) is 368 cm³/mol. The van der Waals surface area contributed by atoms with E-state index in [0.29, 0.717) is 5.56 Å². The molecule has 0 unspecified atom stereocenters. The molecule has 6 aromatic heterocycles. The van der Waals surface area contributed by atoms with Crippen LogP contribution in [0.25, 0.3) is 167 Å². The van der Waals surface area contributed by atoms with Crippen molar-refractivity contribution in [3.63, 3.8) is 0 Å². The van der Waals surface area contributed by atoms with Crippen molar-refractivity contribution in [3.8, 4) is 73.3 Å². The molecule has 9 nitrogen and oxygen atoms in total. The van der Waals surface area contributed by atoms with Gasteiger partial charge in [-0.3, -0.25) is 17.9 Å². The molecule has 0 atom stereocenters. The third-order valence-electron chi connectivity index (χ3n) is 18.4. The van der Waals surface area contributed by atoms with E-state index in [9.17, 15) is 5.26 Å². The van der Waals surface area contributed by atoms with Crippen molar-refractivity contribution in [3.05, 3.63) is 303 Å². The van der Waals surface area contributed by atoms with Crippen LogP contribution in [0.1, 0.15) is 5.56 Å². The van der Waals surface area contributed by atoms with Crippen LogP contribution in [-0.2, 0) is 0 Å². The quantitative estimate of drug-likeness (QED) is 0.152. The topological polar surface area (TPSA) is 78.1 Å². The summed E-state index contributed by atoms with van der Waals surface area (Å²) in [5.74, 6) is 1.60. The molecule has 19 aromatic rings. The fraction of sp³-hybridized carbons (Fsp3) is 0. The Balaban J connectivity index is 0.976. The van der Waals surface area contributed by atoms with Gasteiger partial charge in [-0.15, -0.1) is 0 Å². The second kappa shape index (κ2) is 19.2. The van der Waals surface area contributed by atoms with E-state index in [4.69, 9.17) is 9.97 Å². The molecule has 0 aliphatic heterocycles. The minimum absolute atomic E-state index is 0.531. The Labute approximate surface area is 514 Å². The predicted octanol–water partition coefficient (Wildman–Crippen LogP) is 19.9.